The molecular formula is C24H31NO11. The molecule has 12 nitrogen and oxygen atoms in total. The second-order valence-electron chi connectivity index (χ2n) is 8.87. The highest BCUT2D eigenvalue weighted by atomic mass is 16.7. The molecule has 0 aliphatic carbocycles. The minimum absolute atomic E-state index is 0.383. The monoisotopic (exact) mass is 509 g/mol. The summed E-state index contributed by atoms with van der Waals surface area (Å²) in [4.78, 5) is 12.0. The van der Waals surface area contributed by atoms with Crippen LogP contribution in [0.3, 0.4) is 0 Å². The van der Waals surface area contributed by atoms with Gasteiger partial charge < -0.3 is 54.9 Å². The summed E-state index contributed by atoms with van der Waals surface area (Å²) in [5, 5.41) is 65.2. The molecule has 0 saturated carbocycles. The third-order valence-electron chi connectivity index (χ3n) is 6.34. The first kappa shape index (κ1) is 26.7. The smallest absolute Gasteiger partial charge is 0.223 e. The molecule has 0 aromatic heterocycles. The maximum atomic E-state index is 12.0. The molecule has 0 radical (unpaired) electrons. The average Bonchev–Trinajstić information content (AvgIpc) is 2.87. The van der Waals surface area contributed by atoms with E-state index >= 15 is 0 Å². The Morgan fingerprint density at radius 3 is 2.17 bits per heavy atom. The Morgan fingerprint density at radius 2 is 1.50 bits per heavy atom. The van der Waals surface area contributed by atoms with Crippen molar-refractivity contribution < 1.29 is 54.4 Å². The van der Waals surface area contributed by atoms with Crippen molar-refractivity contribution in [2.75, 3.05) is 13.2 Å². The van der Waals surface area contributed by atoms with Crippen LogP contribution < -0.4 is 10.1 Å². The van der Waals surface area contributed by atoms with Gasteiger partial charge >= 0.3 is 0 Å². The van der Waals surface area contributed by atoms with Crippen molar-refractivity contribution in [3.05, 3.63) is 42.5 Å². The summed E-state index contributed by atoms with van der Waals surface area (Å²) in [6.45, 7) is -0.0637. The summed E-state index contributed by atoms with van der Waals surface area (Å²) < 4.78 is 23.0. The molecule has 4 rings (SSSR count). The summed E-state index contributed by atoms with van der Waals surface area (Å²) in [5.41, 5.74) is 0. The zero-order chi connectivity index (χ0) is 26.0. The number of carbonyl (C=O) groups excluding carboxylic acids is 1. The summed E-state index contributed by atoms with van der Waals surface area (Å²) in [5.74, 6) is -0.124. The number of aliphatic hydroxyl groups is 6. The number of amides is 1. The van der Waals surface area contributed by atoms with Gasteiger partial charge in [-0.25, -0.2) is 0 Å². The van der Waals surface area contributed by atoms with Crippen LogP contribution in [0.1, 0.15) is 6.92 Å². The van der Waals surface area contributed by atoms with Crippen LogP contribution in [0.4, 0.5) is 0 Å². The van der Waals surface area contributed by atoms with Gasteiger partial charge in [0.2, 0.25) is 12.2 Å². The molecule has 2 aliphatic rings. The van der Waals surface area contributed by atoms with E-state index in [4.69, 9.17) is 18.9 Å². The van der Waals surface area contributed by atoms with Gasteiger partial charge in [0, 0.05) is 6.92 Å². The summed E-state index contributed by atoms with van der Waals surface area (Å²) in [6, 6.07) is 11.7. The predicted octanol–water partition coefficient (Wildman–Crippen LogP) is -2.01. The van der Waals surface area contributed by atoms with Crippen LogP contribution in [0, 0.1) is 0 Å². The Labute approximate surface area is 206 Å². The first-order valence-corrected chi connectivity index (χ1v) is 11.6. The number of carbonyl (C=O) groups is 1. The van der Waals surface area contributed by atoms with E-state index in [0.29, 0.717) is 5.75 Å². The molecule has 10 atom stereocenters. The maximum Gasteiger partial charge on any atom is 0.223 e. The Bertz CT molecular complexity index is 1040. The molecule has 2 aromatic rings. The summed E-state index contributed by atoms with van der Waals surface area (Å²) in [6.07, 6.45) is -13.2. The molecule has 2 aromatic carbocycles. The van der Waals surface area contributed by atoms with Crippen LogP contribution >= 0.6 is 0 Å². The van der Waals surface area contributed by atoms with E-state index in [2.05, 4.69) is 5.32 Å². The van der Waals surface area contributed by atoms with E-state index < -0.39 is 80.5 Å². The lowest BCUT2D eigenvalue weighted by atomic mass is 9.95. The Balaban J connectivity index is 1.62. The van der Waals surface area contributed by atoms with E-state index in [-0.39, 0.29) is 0 Å². The predicted molar refractivity (Wildman–Crippen MR) is 123 cm³/mol. The molecule has 0 spiro atoms. The van der Waals surface area contributed by atoms with E-state index in [1.807, 2.05) is 30.3 Å². The molecule has 0 unspecified atom stereocenters. The van der Waals surface area contributed by atoms with Gasteiger partial charge in [0.1, 0.15) is 54.5 Å². The largest absolute Gasteiger partial charge is 0.463 e. The van der Waals surface area contributed by atoms with Crippen molar-refractivity contribution >= 4 is 16.7 Å². The van der Waals surface area contributed by atoms with E-state index in [9.17, 15) is 35.4 Å². The molecule has 2 heterocycles. The minimum Gasteiger partial charge on any atom is -0.463 e. The van der Waals surface area contributed by atoms with Crippen molar-refractivity contribution in [1.82, 2.24) is 5.32 Å². The van der Waals surface area contributed by atoms with Crippen LogP contribution in [0.5, 0.6) is 5.75 Å². The van der Waals surface area contributed by atoms with E-state index in [1.54, 1.807) is 12.1 Å². The van der Waals surface area contributed by atoms with Gasteiger partial charge in [-0.15, -0.1) is 0 Å². The number of hydrogen-bond acceptors (Lipinski definition) is 11. The third kappa shape index (κ3) is 5.47. The van der Waals surface area contributed by atoms with Gasteiger partial charge in [0.05, 0.1) is 13.2 Å². The highest BCUT2D eigenvalue weighted by Gasteiger charge is 2.52. The SMILES string of the molecule is CC(=O)N[C@H]1[C@H](Oc2ccc3ccccc3c2)O[C@H](CO)[C@@H](O)[C@@H]1O[C@H]1O[C@H](CO)[C@H](O)[C@H](O)[C@H]1O. The minimum atomic E-state index is -1.75. The fourth-order valence-corrected chi connectivity index (χ4v) is 4.43. The van der Waals surface area contributed by atoms with E-state index in [0.717, 1.165) is 10.8 Å². The van der Waals surface area contributed by atoms with Crippen molar-refractivity contribution in [3.63, 3.8) is 0 Å². The molecule has 0 bridgehead atoms. The molecular weight excluding hydrogens is 478 g/mol. The van der Waals surface area contributed by atoms with Gasteiger partial charge in [-0.05, 0) is 22.9 Å². The number of ether oxygens (including phenoxy) is 4. The summed E-state index contributed by atoms with van der Waals surface area (Å²) in [7, 11) is 0. The van der Waals surface area contributed by atoms with Crippen LogP contribution in [-0.2, 0) is 19.0 Å². The quantitative estimate of drug-likeness (QED) is 0.218. The topological polar surface area (TPSA) is 187 Å². The molecule has 2 fully saturated rings. The highest BCUT2D eigenvalue weighted by Crippen LogP contribution is 2.31. The fraction of sp³-hybridized carbons (Fsp3) is 0.542. The number of rotatable bonds is 7. The van der Waals surface area contributed by atoms with Crippen molar-refractivity contribution in [2.45, 2.75) is 68.3 Å². The zero-order valence-electron chi connectivity index (χ0n) is 19.5. The molecule has 12 heteroatoms. The third-order valence-corrected chi connectivity index (χ3v) is 6.34. The number of aliphatic hydroxyl groups excluding tert-OH is 6. The molecule has 198 valence electrons. The van der Waals surface area contributed by atoms with Crippen LogP contribution in [0.15, 0.2) is 42.5 Å². The average molecular weight is 510 g/mol. The normalized spacial score (nSPS) is 37.0. The molecule has 7 N–H and O–H groups in total. The highest BCUT2D eigenvalue weighted by molar-refractivity contribution is 5.83. The van der Waals surface area contributed by atoms with Crippen LogP contribution in [0.2, 0.25) is 0 Å². The van der Waals surface area contributed by atoms with Crippen LogP contribution in [0.25, 0.3) is 10.8 Å². The first-order chi connectivity index (χ1) is 17.2. The number of hydrogen-bond donors (Lipinski definition) is 7. The Hall–Kier alpha value is -2.39. The number of nitrogens with one attached hydrogen (secondary N) is 1. The lowest BCUT2D eigenvalue weighted by molar-refractivity contribution is -0.339. The molecule has 2 aliphatic heterocycles. The second-order valence-corrected chi connectivity index (χ2v) is 8.87. The molecule has 2 saturated heterocycles. The van der Waals surface area contributed by atoms with Gasteiger partial charge in [0.15, 0.2) is 6.29 Å². The summed E-state index contributed by atoms with van der Waals surface area (Å²) >= 11 is 0. The maximum absolute atomic E-state index is 12.0. The van der Waals surface area contributed by atoms with Crippen molar-refractivity contribution in [1.29, 1.82) is 0 Å². The van der Waals surface area contributed by atoms with Gasteiger partial charge in [-0.3, -0.25) is 4.79 Å². The lowest BCUT2D eigenvalue weighted by Gasteiger charge is -2.47. The molecule has 36 heavy (non-hydrogen) atoms. The lowest BCUT2D eigenvalue weighted by Crippen LogP contribution is -2.68. The first-order valence-electron chi connectivity index (χ1n) is 11.6. The van der Waals surface area contributed by atoms with Gasteiger partial charge in [-0.1, -0.05) is 30.3 Å². The van der Waals surface area contributed by atoms with E-state index in [1.165, 1.54) is 6.92 Å². The number of benzene rings is 2. The van der Waals surface area contributed by atoms with Gasteiger partial charge in [-0.2, -0.15) is 0 Å². The zero-order valence-corrected chi connectivity index (χ0v) is 19.5. The standard InChI is InChI=1S/C24H31NO11/c1-11(28)25-17-22(36-24-21(32)20(31)18(29)15(9-26)35-24)19(30)16(10-27)34-23(17)33-14-7-6-12-4-2-3-5-13(12)8-14/h2-8,15-24,26-27,29-32H,9-10H2,1H3,(H,25,28)/t15-,16-,17-,18+,19-,20+,21-,22-,23-,24-/m1/s1. The Kier molecular flexibility index (Phi) is 8.40. The Morgan fingerprint density at radius 1 is 0.861 bits per heavy atom. The number of fused-ring (bicyclic) bond motifs is 1. The van der Waals surface area contributed by atoms with Gasteiger partial charge in [0.25, 0.3) is 0 Å². The van der Waals surface area contributed by atoms with Crippen LogP contribution in [-0.4, -0.2) is 111 Å². The van der Waals surface area contributed by atoms with Crippen molar-refractivity contribution in [2.24, 2.45) is 0 Å². The fourth-order valence-electron chi connectivity index (χ4n) is 4.43. The molecule has 1 amide bonds. The van der Waals surface area contributed by atoms with Crippen molar-refractivity contribution in [3.8, 4) is 5.75 Å². The second kappa shape index (κ2) is 11.3.